The first-order chi connectivity index (χ1) is 4.97. The van der Waals surface area contributed by atoms with Crippen LogP contribution in [0.2, 0.25) is 0 Å². The van der Waals surface area contributed by atoms with Gasteiger partial charge in [0.2, 0.25) is 0 Å². The van der Waals surface area contributed by atoms with E-state index < -0.39 is 0 Å². The zero-order valence-corrected chi connectivity index (χ0v) is 7.36. The Labute approximate surface area is 79.1 Å². The first kappa shape index (κ1) is 8.39. The van der Waals surface area contributed by atoms with Crippen LogP contribution in [0.25, 0.3) is 10.9 Å². The van der Waals surface area contributed by atoms with Gasteiger partial charge in [0, 0.05) is 32.0 Å². The Morgan fingerprint density at radius 2 is 1.64 bits per heavy atom. The number of para-hydroxylation sites is 1. The molecule has 1 aromatic carbocycles. The summed E-state index contributed by atoms with van der Waals surface area (Å²) in [5, 5.41) is 1.20. The smallest absolute Gasteiger partial charge is 0.0701 e. The average Bonchev–Trinajstić information content (AvgIpc) is 2.05. The molecule has 0 saturated carbocycles. The second-order valence-electron chi connectivity index (χ2n) is 2.20. The third kappa shape index (κ3) is 1.65. The van der Waals surface area contributed by atoms with Crippen LogP contribution in [-0.2, 0) is 20.4 Å². The molecular formula is C9H7NPd. The molecule has 2 rings (SSSR count). The molecule has 0 atom stereocenters. The molecule has 2 heteroatoms. The molecule has 2 aromatic rings. The van der Waals surface area contributed by atoms with Crippen molar-refractivity contribution in [3.8, 4) is 0 Å². The van der Waals surface area contributed by atoms with E-state index in [4.69, 9.17) is 0 Å². The molecule has 0 saturated heterocycles. The topological polar surface area (TPSA) is 12.9 Å². The Balaban J connectivity index is 0.000000605. The van der Waals surface area contributed by atoms with Crippen LogP contribution in [-0.4, -0.2) is 4.98 Å². The Kier molecular flexibility index (Phi) is 2.76. The van der Waals surface area contributed by atoms with Crippen molar-refractivity contribution < 1.29 is 20.4 Å². The van der Waals surface area contributed by atoms with Gasteiger partial charge in [0.05, 0.1) is 5.52 Å². The van der Waals surface area contributed by atoms with Crippen LogP contribution in [0, 0.1) is 0 Å². The van der Waals surface area contributed by atoms with Crippen LogP contribution in [0.3, 0.4) is 0 Å². The van der Waals surface area contributed by atoms with E-state index in [2.05, 4.69) is 17.1 Å². The first-order valence-corrected chi connectivity index (χ1v) is 3.26. The molecule has 0 fully saturated rings. The minimum absolute atomic E-state index is 0. The maximum Gasteiger partial charge on any atom is 0.0701 e. The summed E-state index contributed by atoms with van der Waals surface area (Å²) in [5.74, 6) is 0. The van der Waals surface area contributed by atoms with Crippen LogP contribution in [0.5, 0.6) is 0 Å². The van der Waals surface area contributed by atoms with E-state index in [0.29, 0.717) is 0 Å². The summed E-state index contributed by atoms with van der Waals surface area (Å²) in [5.41, 5.74) is 1.06. The van der Waals surface area contributed by atoms with Crippen molar-refractivity contribution in [2.24, 2.45) is 0 Å². The molecular weight excluding hydrogens is 229 g/mol. The standard InChI is InChI=1S/C9H7N.Pd/c1-2-6-9-8(4-1)5-3-7-10-9;/h1-7H;. The number of fused-ring (bicyclic) bond motifs is 1. The fraction of sp³-hybridized carbons (Fsp3) is 0. The summed E-state index contributed by atoms with van der Waals surface area (Å²) < 4.78 is 0. The average molecular weight is 236 g/mol. The molecule has 1 heterocycles. The fourth-order valence-electron chi connectivity index (χ4n) is 1.02. The van der Waals surface area contributed by atoms with Gasteiger partial charge in [0.25, 0.3) is 0 Å². The van der Waals surface area contributed by atoms with Gasteiger partial charge in [-0.15, -0.1) is 0 Å². The van der Waals surface area contributed by atoms with Crippen LogP contribution in [0.15, 0.2) is 42.6 Å². The predicted octanol–water partition coefficient (Wildman–Crippen LogP) is 2.23. The van der Waals surface area contributed by atoms with E-state index in [0.717, 1.165) is 5.52 Å². The van der Waals surface area contributed by atoms with Gasteiger partial charge in [-0.05, 0) is 12.1 Å². The van der Waals surface area contributed by atoms with Gasteiger partial charge >= 0.3 is 0 Å². The number of pyridine rings is 1. The Morgan fingerprint density at radius 1 is 0.909 bits per heavy atom. The summed E-state index contributed by atoms with van der Waals surface area (Å²) in [6.45, 7) is 0. The molecule has 0 spiro atoms. The van der Waals surface area contributed by atoms with E-state index in [1.165, 1.54) is 5.39 Å². The van der Waals surface area contributed by atoms with Gasteiger partial charge < -0.3 is 0 Å². The predicted molar refractivity (Wildman–Crippen MR) is 41.7 cm³/mol. The number of rotatable bonds is 0. The van der Waals surface area contributed by atoms with Crippen molar-refractivity contribution >= 4 is 10.9 Å². The molecule has 0 N–H and O–H groups in total. The normalized spacial score (nSPS) is 9.09. The molecule has 0 unspecified atom stereocenters. The summed E-state index contributed by atoms with van der Waals surface area (Å²) in [6, 6.07) is 12.1. The maximum absolute atomic E-state index is 4.18. The van der Waals surface area contributed by atoms with Gasteiger partial charge in [0.15, 0.2) is 0 Å². The number of aromatic nitrogens is 1. The van der Waals surface area contributed by atoms with Crippen LogP contribution in [0.4, 0.5) is 0 Å². The fourth-order valence-corrected chi connectivity index (χ4v) is 1.02. The van der Waals surface area contributed by atoms with Crippen molar-refractivity contribution in [3.63, 3.8) is 0 Å². The van der Waals surface area contributed by atoms with Crippen LogP contribution >= 0.6 is 0 Å². The van der Waals surface area contributed by atoms with E-state index in [1.54, 1.807) is 0 Å². The van der Waals surface area contributed by atoms with Crippen molar-refractivity contribution in [1.82, 2.24) is 4.98 Å². The van der Waals surface area contributed by atoms with Gasteiger partial charge in [0.1, 0.15) is 0 Å². The van der Waals surface area contributed by atoms with Gasteiger partial charge in [-0.1, -0.05) is 24.3 Å². The van der Waals surface area contributed by atoms with E-state index in [1.807, 2.05) is 30.5 Å². The van der Waals surface area contributed by atoms with Crippen molar-refractivity contribution in [1.29, 1.82) is 0 Å². The maximum atomic E-state index is 4.18. The Morgan fingerprint density at radius 3 is 2.45 bits per heavy atom. The monoisotopic (exact) mass is 235 g/mol. The Hall–Kier alpha value is -0.708. The minimum atomic E-state index is 0. The largest absolute Gasteiger partial charge is 0.256 e. The molecule has 1 nitrogen and oxygen atoms in total. The van der Waals surface area contributed by atoms with E-state index in [-0.39, 0.29) is 20.4 Å². The summed E-state index contributed by atoms with van der Waals surface area (Å²) in [6.07, 6.45) is 1.81. The molecule has 58 valence electrons. The molecule has 0 aliphatic rings. The quantitative estimate of drug-likeness (QED) is 0.638. The summed E-state index contributed by atoms with van der Waals surface area (Å²) in [4.78, 5) is 4.18. The van der Waals surface area contributed by atoms with Crippen molar-refractivity contribution in [2.75, 3.05) is 0 Å². The van der Waals surface area contributed by atoms with Crippen LogP contribution in [0.1, 0.15) is 0 Å². The second kappa shape index (κ2) is 3.62. The summed E-state index contributed by atoms with van der Waals surface area (Å²) >= 11 is 0. The SMILES string of the molecule is [Pd].c1ccc2ncccc2c1. The molecule has 0 radical (unpaired) electrons. The molecule has 0 amide bonds. The first-order valence-electron chi connectivity index (χ1n) is 3.26. The number of hydrogen-bond donors (Lipinski definition) is 0. The molecule has 0 aliphatic carbocycles. The molecule has 1 aromatic heterocycles. The van der Waals surface area contributed by atoms with Crippen molar-refractivity contribution in [3.05, 3.63) is 42.6 Å². The zero-order chi connectivity index (χ0) is 6.81. The third-order valence-corrected chi connectivity index (χ3v) is 1.51. The van der Waals surface area contributed by atoms with E-state index in [9.17, 15) is 0 Å². The van der Waals surface area contributed by atoms with Gasteiger partial charge in [-0.25, -0.2) is 0 Å². The van der Waals surface area contributed by atoms with Crippen molar-refractivity contribution in [2.45, 2.75) is 0 Å². The second-order valence-corrected chi connectivity index (χ2v) is 2.20. The summed E-state index contributed by atoms with van der Waals surface area (Å²) in [7, 11) is 0. The molecule has 0 bridgehead atoms. The number of hydrogen-bond acceptors (Lipinski definition) is 1. The van der Waals surface area contributed by atoms with Crippen LogP contribution < -0.4 is 0 Å². The van der Waals surface area contributed by atoms with Gasteiger partial charge in [-0.2, -0.15) is 0 Å². The Bertz CT molecular complexity index is 281. The van der Waals surface area contributed by atoms with E-state index >= 15 is 0 Å². The molecule has 0 aliphatic heterocycles. The third-order valence-electron chi connectivity index (χ3n) is 1.51. The molecule has 11 heavy (non-hydrogen) atoms. The number of benzene rings is 1. The minimum Gasteiger partial charge on any atom is -0.256 e. The van der Waals surface area contributed by atoms with Gasteiger partial charge in [-0.3, -0.25) is 4.98 Å². The number of nitrogens with zero attached hydrogens (tertiary/aromatic N) is 1. The zero-order valence-electron chi connectivity index (χ0n) is 5.80.